The lowest BCUT2D eigenvalue weighted by atomic mass is 10.00. The van der Waals surface area contributed by atoms with Gasteiger partial charge < -0.3 is 9.13 Å². The summed E-state index contributed by atoms with van der Waals surface area (Å²) in [7, 11) is 0. The smallest absolute Gasteiger partial charge is 0.0992 e. The van der Waals surface area contributed by atoms with Crippen molar-refractivity contribution in [3.8, 4) is 28.6 Å². The van der Waals surface area contributed by atoms with E-state index in [9.17, 15) is 5.26 Å². The van der Waals surface area contributed by atoms with Crippen LogP contribution >= 0.6 is 0 Å². The van der Waals surface area contributed by atoms with Crippen LogP contribution in [-0.2, 0) is 0 Å². The molecule has 3 nitrogen and oxygen atoms in total. The first-order valence-electron chi connectivity index (χ1n) is 13.4. The van der Waals surface area contributed by atoms with E-state index in [1.165, 1.54) is 21.5 Å². The molecule has 0 saturated heterocycles. The van der Waals surface area contributed by atoms with Crippen LogP contribution in [0.4, 0.5) is 0 Å². The second-order valence-corrected chi connectivity index (χ2v) is 10.1. The zero-order valence-corrected chi connectivity index (χ0v) is 21.6. The van der Waals surface area contributed by atoms with E-state index >= 15 is 0 Å². The molecule has 0 spiro atoms. The monoisotopic (exact) mass is 509 g/mol. The van der Waals surface area contributed by atoms with Gasteiger partial charge in [0.2, 0.25) is 0 Å². The summed E-state index contributed by atoms with van der Waals surface area (Å²) in [5.41, 5.74) is 9.35. The first-order chi connectivity index (χ1) is 19.8. The molecule has 8 aromatic rings. The number of rotatable bonds is 3. The SMILES string of the molecule is N#Cc1cc(-c2ccccc2-n2c3ccccc3c3ccccc32)cc(-n2c3ccccc3c3ccccc32)c1. The summed E-state index contributed by atoms with van der Waals surface area (Å²) in [6, 6.07) is 51.2. The van der Waals surface area contributed by atoms with Crippen molar-refractivity contribution in [2.75, 3.05) is 0 Å². The first kappa shape index (κ1) is 22.4. The maximum atomic E-state index is 10.1. The molecular formula is C37H23N3. The third-order valence-electron chi connectivity index (χ3n) is 7.92. The Kier molecular flexibility index (Phi) is 4.89. The highest BCUT2D eigenvalue weighted by Gasteiger charge is 2.17. The molecule has 0 radical (unpaired) electrons. The summed E-state index contributed by atoms with van der Waals surface area (Å²) in [6.07, 6.45) is 0. The Morgan fingerprint density at radius 2 is 0.900 bits per heavy atom. The number of para-hydroxylation sites is 5. The van der Waals surface area contributed by atoms with Gasteiger partial charge in [-0.2, -0.15) is 5.26 Å². The molecule has 40 heavy (non-hydrogen) atoms. The number of hydrogen-bond acceptors (Lipinski definition) is 1. The summed E-state index contributed by atoms with van der Waals surface area (Å²) in [5, 5.41) is 15.0. The number of aromatic nitrogens is 2. The van der Waals surface area contributed by atoms with Gasteiger partial charge in [0.1, 0.15) is 0 Å². The molecular weight excluding hydrogens is 486 g/mol. The van der Waals surface area contributed by atoms with Crippen molar-refractivity contribution >= 4 is 43.6 Å². The quantitative estimate of drug-likeness (QED) is 0.233. The highest BCUT2D eigenvalue weighted by atomic mass is 15.0. The lowest BCUT2D eigenvalue weighted by Gasteiger charge is -2.16. The predicted molar refractivity (Wildman–Crippen MR) is 165 cm³/mol. The summed E-state index contributed by atoms with van der Waals surface area (Å²) in [4.78, 5) is 0. The van der Waals surface area contributed by atoms with Gasteiger partial charge in [-0.15, -0.1) is 0 Å². The Balaban J connectivity index is 1.43. The van der Waals surface area contributed by atoms with E-state index in [2.05, 4.69) is 143 Å². The van der Waals surface area contributed by atoms with Crippen molar-refractivity contribution in [3.63, 3.8) is 0 Å². The van der Waals surface area contributed by atoms with Crippen LogP contribution < -0.4 is 0 Å². The zero-order valence-electron chi connectivity index (χ0n) is 21.6. The Labute approximate surface area is 231 Å². The molecule has 2 heterocycles. The predicted octanol–water partition coefficient (Wildman–Crippen LogP) is 9.42. The molecule has 3 heteroatoms. The van der Waals surface area contributed by atoms with Gasteiger partial charge in [-0.3, -0.25) is 0 Å². The van der Waals surface area contributed by atoms with Gasteiger partial charge in [0, 0.05) is 32.8 Å². The fourth-order valence-electron chi connectivity index (χ4n) is 6.26. The average molecular weight is 510 g/mol. The van der Waals surface area contributed by atoms with Crippen LogP contribution in [0.25, 0.3) is 66.1 Å². The molecule has 0 saturated carbocycles. The minimum Gasteiger partial charge on any atom is -0.309 e. The molecule has 0 amide bonds. The van der Waals surface area contributed by atoms with Crippen LogP contribution in [0.5, 0.6) is 0 Å². The first-order valence-corrected chi connectivity index (χ1v) is 13.4. The normalized spacial score (nSPS) is 11.5. The molecule has 186 valence electrons. The average Bonchev–Trinajstić information content (AvgIpc) is 3.54. The van der Waals surface area contributed by atoms with E-state index in [1.54, 1.807) is 0 Å². The van der Waals surface area contributed by atoms with Gasteiger partial charge in [0.05, 0.1) is 39.4 Å². The molecule has 0 aliphatic carbocycles. The van der Waals surface area contributed by atoms with Crippen LogP contribution in [0.3, 0.4) is 0 Å². The number of fused-ring (bicyclic) bond motifs is 6. The topological polar surface area (TPSA) is 33.6 Å². The van der Waals surface area contributed by atoms with Gasteiger partial charge >= 0.3 is 0 Å². The summed E-state index contributed by atoms with van der Waals surface area (Å²) < 4.78 is 4.62. The van der Waals surface area contributed by atoms with E-state index < -0.39 is 0 Å². The van der Waals surface area contributed by atoms with Crippen molar-refractivity contribution in [3.05, 3.63) is 145 Å². The van der Waals surface area contributed by atoms with E-state index in [4.69, 9.17) is 0 Å². The lowest BCUT2D eigenvalue weighted by Crippen LogP contribution is -1.99. The lowest BCUT2D eigenvalue weighted by molar-refractivity contribution is 1.17. The summed E-state index contributed by atoms with van der Waals surface area (Å²) >= 11 is 0. The number of nitrogens with zero attached hydrogens (tertiary/aromatic N) is 3. The molecule has 0 N–H and O–H groups in total. The van der Waals surface area contributed by atoms with Gasteiger partial charge in [-0.05, 0) is 54.1 Å². The largest absolute Gasteiger partial charge is 0.309 e. The minimum atomic E-state index is 0.631. The molecule has 0 aliphatic rings. The van der Waals surface area contributed by atoms with Crippen LogP contribution in [-0.4, -0.2) is 9.13 Å². The molecule has 0 fully saturated rings. The third-order valence-corrected chi connectivity index (χ3v) is 7.92. The number of benzene rings is 6. The van der Waals surface area contributed by atoms with E-state index in [1.807, 2.05) is 12.1 Å². The van der Waals surface area contributed by atoms with E-state index in [0.29, 0.717) is 5.56 Å². The van der Waals surface area contributed by atoms with Gasteiger partial charge in [-0.1, -0.05) is 91.0 Å². The van der Waals surface area contributed by atoms with Crippen molar-refractivity contribution in [2.45, 2.75) is 0 Å². The Morgan fingerprint density at radius 1 is 0.450 bits per heavy atom. The van der Waals surface area contributed by atoms with Crippen LogP contribution in [0.15, 0.2) is 140 Å². The third kappa shape index (κ3) is 3.24. The second-order valence-electron chi connectivity index (χ2n) is 10.1. The zero-order chi connectivity index (χ0) is 26.6. The van der Waals surface area contributed by atoms with Crippen molar-refractivity contribution < 1.29 is 0 Å². The molecule has 6 aromatic carbocycles. The van der Waals surface area contributed by atoms with Crippen LogP contribution in [0.1, 0.15) is 5.56 Å². The summed E-state index contributed by atoms with van der Waals surface area (Å²) in [6.45, 7) is 0. The molecule has 0 aliphatic heterocycles. The fourth-order valence-corrected chi connectivity index (χ4v) is 6.26. The molecule has 2 aromatic heterocycles. The Morgan fingerprint density at radius 3 is 1.43 bits per heavy atom. The maximum absolute atomic E-state index is 10.1. The molecule has 8 rings (SSSR count). The van der Waals surface area contributed by atoms with E-state index in [-0.39, 0.29) is 0 Å². The highest BCUT2D eigenvalue weighted by molar-refractivity contribution is 6.10. The van der Waals surface area contributed by atoms with Gasteiger partial charge in [0.15, 0.2) is 0 Å². The second kappa shape index (κ2) is 8.73. The van der Waals surface area contributed by atoms with Crippen molar-refractivity contribution in [1.29, 1.82) is 5.26 Å². The minimum absolute atomic E-state index is 0.631. The maximum Gasteiger partial charge on any atom is 0.0992 e. The van der Waals surface area contributed by atoms with Crippen LogP contribution in [0.2, 0.25) is 0 Å². The molecule has 0 atom stereocenters. The Bertz CT molecular complexity index is 2180. The van der Waals surface area contributed by atoms with Gasteiger partial charge in [0.25, 0.3) is 0 Å². The van der Waals surface area contributed by atoms with Crippen molar-refractivity contribution in [1.82, 2.24) is 9.13 Å². The number of nitriles is 1. The standard InChI is InChI=1S/C37H23N3/c38-24-25-21-26(23-27(22-25)39-34-17-7-2-12-29(34)30-13-3-8-18-35(30)39)28-11-1-6-16-33(28)40-36-19-9-4-14-31(36)32-15-5-10-20-37(32)40/h1-23H. The highest BCUT2D eigenvalue weighted by Crippen LogP contribution is 2.38. The van der Waals surface area contributed by atoms with Crippen molar-refractivity contribution in [2.24, 2.45) is 0 Å². The summed E-state index contributed by atoms with van der Waals surface area (Å²) in [5.74, 6) is 0. The molecule has 0 bridgehead atoms. The number of hydrogen-bond donors (Lipinski definition) is 0. The fraction of sp³-hybridized carbons (Fsp3) is 0. The molecule has 0 unspecified atom stereocenters. The van der Waals surface area contributed by atoms with Gasteiger partial charge in [-0.25, -0.2) is 0 Å². The van der Waals surface area contributed by atoms with E-state index in [0.717, 1.165) is 44.6 Å². The van der Waals surface area contributed by atoms with Crippen LogP contribution in [0, 0.1) is 11.3 Å². The Hall–Kier alpha value is -5.59.